The monoisotopic (exact) mass is 371 g/mol. The summed E-state index contributed by atoms with van der Waals surface area (Å²) in [6.07, 6.45) is 0. The van der Waals surface area contributed by atoms with Gasteiger partial charge in [0, 0.05) is 11.1 Å². The first kappa shape index (κ1) is 20.1. The number of halogens is 1. The summed E-state index contributed by atoms with van der Waals surface area (Å²) < 4.78 is 12.8. The summed E-state index contributed by atoms with van der Waals surface area (Å²) in [6, 6.07) is 12.0. The van der Waals surface area contributed by atoms with Gasteiger partial charge in [0.15, 0.2) is 0 Å². The minimum atomic E-state index is -0.592. The lowest BCUT2D eigenvalue weighted by Gasteiger charge is -2.19. The van der Waals surface area contributed by atoms with Crippen molar-refractivity contribution in [2.45, 2.75) is 26.2 Å². The second-order valence-corrected chi connectivity index (χ2v) is 7.02. The first-order valence-electron chi connectivity index (χ1n) is 8.40. The van der Waals surface area contributed by atoms with Gasteiger partial charge in [-0.2, -0.15) is 0 Å². The molecule has 3 N–H and O–H groups in total. The third-order valence-electron chi connectivity index (χ3n) is 3.84. The zero-order valence-corrected chi connectivity index (χ0v) is 15.4. The number of hydrogen-bond acceptors (Lipinski definition) is 3. The Morgan fingerprint density at radius 3 is 1.89 bits per heavy atom. The maximum Gasteiger partial charge on any atom is 0.269 e. The summed E-state index contributed by atoms with van der Waals surface area (Å²) in [5.74, 6) is -2.04. The van der Waals surface area contributed by atoms with Crippen molar-refractivity contribution in [1.29, 1.82) is 0 Å². The number of carbonyl (C=O) groups is 3. The molecule has 0 bridgehead atoms. The highest BCUT2D eigenvalue weighted by molar-refractivity contribution is 5.98. The van der Waals surface area contributed by atoms with Crippen LogP contribution >= 0.6 is 0 Å². The van der Waals surface area contributed by atoms with Crippen molar-refractivity contribution in [2.24, 2.45) is 0 Å². The van der Waals surface area contributed by atoms with Crippen molar-refractivity contribution in [3.05, 3.63) is 71.0 Å². The lowest BCUT2D eigenvalue weighted by atomic mass is 9.87. The van der Waals surface area contributed by atoms with Gasteiger partial charge < -0.3 is 5.32 Å². The zero-order valence-electron chi connectivity index (χ0n) is 15.4. The highest BCUT2D eigenvalue weighted by atomic mass is 19.1. The molecular weight excluding hydrogens is 349 g/mol. The van der Waals surface area contributed by atoms with Gasteiger partial charge in [0.1, 0.15) is 5.82 Å². The fraction of sp³-hybridized carbons (Fsp3) is 0.250. The van der Waals surface area contributed by atoms with E-state index in [9.17, 15) is 18.8 Å². The van der Waals surface area contributed by atoms with Gasteiger partial charge in [0.25, 0.3) is 17.7 Å². The van der Waals surface area contributed by atoms with Gasteiger partial charge in [0.05, 0.1) is 6.54 Å². The molecule has 0 fully saturated rings. The van der Waals surface area contributed by atoms with Crippen LogP contribution in [0.5, 0.6) is 0 Å². The van der Waals surface area contributed by atoms with Crippen molar-refractivity contribution >= 4 is 17.7 Å². The second kappa shape index (κ2) is 8.44. The van der Waals surface area contributed by atoms with Gasteiger partial charge in [0.2, 0.25) is 0 Å². The summed E-state index contributed by atoms with van der Waals surface area (Å²) in [5.41, 5.74) is 6.09. The van der Waals surface area contributed by atoms with Gasteiger partial charge in [-0.3, -0.25) is 25.2 Å². The molecule has 7 heteroatoms. The van der Waals surface area contributed by atoms with Crippen molar-refractivity contribution in [3.8, 4) is 0 Å². The standard InChI is InChI=1S/C20H22FN3O3/c1-20(2,3)15-8-4-13(5-9-15)18(26)22-12-17(25)23-24-19(27)14-6-10-16(21)11-7-14/h4-11H,12H2,1-3H3,(H,22,26)(H,23,25)(H,24,27). The van der Waals surface area contributed by atoms with E-state index in [4.69, 9.17) is 0 Å². The molecule has 0 unspecified atom stereocenters. The number of amides is 3. The van der Waals surface area contributed by atoms with E-state index in [0.29, 0.717) is 5.56 Å². The van der Waals surface area contributed by atoms with E-state index < -0.39 is 23.5 Å². The topological polar surface area (TPSA) is 87.3 Å². The molecule has 3 amide bonds. The molecule has 0 aliphatic rings. The second-order valence-electron chi connectivity index (χ2n) is 7.02. The Labute approximate surface area is 157 Å². The van der Waals surface area contributed by atoms with Crippen molar-refractivity contribution in [1.82, 2.24) is 16.2 Å². The van der Waals surface area contributed by atoms with Gasteiger partial charge >= 0.3 is 0 Å². The van der Waals surface area contributed by atoms with Crippen molar-refractivity contribution in [2.75, 3.05) is 6.54 Å². The SMILES string of the molecule is CC(C)(C)c1ccc(C(=O)NCC(=O)NNC(=O)c2ccc(F)cc2)cc1. The largest absolute Gasteiger partial charge is 0.343 e. The van der Waals surface area contributed by atoms with Gasteiger partial charge in [-0.15, -0.1) is 0 Å². The summed E-state index contributed by atoms with van der Waals surface area (Å²) in [5, 5.41) is 2.48. The molecule has 0 saturated heterocycles. The van der Waals surface area contributed by atoms with Gasteiger partial charge in [-0.1, -0.05) is 32.9 Å². The van der Waals surface area contributed by atoms with Crippen LogP contribution in [0.15, 0.2) is 48.5 Å². The molecule has 0 saturated carbocycles. The fourth-order valence-electron chi connectivity index (χ4n) is 2.23. The van der Waals surface area contributed by atoms with Crippen LogP contribution in [-0.4, -0.2) is 24.3 Å². The predicted molar refractivity (Wildman–Crippen MR) is 99.5 cm³/mol. The van der Waals surface area contributed by atoms with Crippen LogP contribution in [0.2, 0.25) is 0 Å². The zero-order chi connectivity index (χ0) is 20.0. The molecule has 0 aromatic heterocycles. The molecule has 0 atom stereocenters. The summed E-state index contributed by atoms with van der Waals surface area (Å²) in [6.45, 7) is 5.93. The third kappa shape index (κ3) is 5.91. The molecular formula is C20H22FN3O3. The molecule has 0 aliphatic carbocycles. The Balaban J connectivity index is 1.80. The predicted octanol–water partition coefficient (Wildman–Crippen LogP) is 2.31. The van der Waals surface area contributed by atoms with Crippen LogP contribution in [0.25, 0.3) is 0 Å². The maximum absolute atomic E-state index is 12.8. The van der Waals surface area contributed by atoms with E-state index in [2.05, 4.69) is 36.9 Å². The van der Waals surface area contributed by atoms with Gasteiger partial charge in [-0.05, 0) is 47.4 Å². The molecule has 0 aliphatic heterocycles. The van der Waals surface area contributed by atoms with E-state index in [0.717, 1.165) is 17.7 Å². The van der Waals surface area contributed by atoms with Crippen LogP contribution in [0, 0.1) is 5.82 Å². The number of hydrogen-bond donors (Lipinski definition) is 3. The molecule has 0 spiro atoms. The van der Waals surface area contributed by atoms with E-state index in [1.807, 2.05) is 12.1 Å². The van der Waals surface area contributed by atoms with Crippen LogP contribution in [-0.2, 0) is 10.2 Å². The quantitative estimate of drug-likeness (QED) is 0.721. The van der Waals surface area contributed by atoms with Crippen molar-refractivity contribution in [3.63, 3.8) is 0 Å². The van der Waals surface area contributed by atoms with Crippen LogP contribution < -0.4 is 16.2 Å². The summed E-state index contributed by atoms with van der Waals surface area (Å²) in [4.78, 5) is 35.6. The molecule has 0 heterocycles. The lowest BCUT2D eigenvalue weighted by Crippen LogP contribution is -2.46. The normalized spacial score (nSPS) is 10.8. The molecule has 2 rings (SSSR count). The van der Waals surface area contributed by atoms with Crippen LogP contribution in [0.1, 0.15) is 47.1 Å². The lowest BCUT2D eigenvalue weighted by molar-refractivity contribution is -0.120. The Morgan fingerprint density at radius 1 is 0.815 bits per heavy atom. The molecule has 2 aromatic carbocycles. The first-order valence-corrected chi connectivity index (χ1v) is 8.40. The number of rotatable bonds is 4. The van der Waals surface area contributed by atoms with E-state index in [1.54, 1.807) is 12.1 Å². The minimum absolute atomic E-state index is 0.0162. The Bertz CT molecular complexity index is 825. The van der Waals surface area contributed by atoms with Gasteiger partial charge in [-0.25, -0.2) is 4.39 Å². The third-order valence-corrected chi connectivity index (χ3v) is 3.84. The fourth-order valence-corrected chi connectivity index (χ4v) is 2.23. The molecule has 2 aromatic rings. The average Bonchev–Trinajstić information content (AvgIpc) is 2.64. The van der Waals surface area contributed by atoms with E-state index in [-0.39, 0.29) is 17.5 Å². The minimum Gasteiger partial charge on any atom is -0.343 e. The van der Waals surface area contributed by atoms with Crippen LogP contribution in [0.4, 0.5) is 4.39 Å². The first-order chi connectivity index (χ1) is 12.7. The molecule has 27 heavy (non-hydrogen) atoms. The number of benzene rings is 2. The van der Waals surface area contributed by atoms with Crippen molar-refractivity contribution < 1.29 is 18.8 Å². The Kier molecular flexibility index (Phi) is 6.28. The summed E-state index contributed by atoms with van der Waals surface area (Å²) in [7, 11) is 0. The highest BCUT2D eigenvalue weighted by Crippen LogP contribution is 2.22. The Hall–Kier alpha value is -3.22. The van der Waals surface area contributed by atoms with E-state index in [1.165, 1.54) is 12.1 Å². The van der Waals surface area contributed by atoms with E-state index >= 15 is 0 Å². The highest BCUT2D eigenvalue weighted by Gasteiger charge is 2.15. The molecule has 6 nitrogen and oxygen atoms in total. The Morgan fingerprint density at radius 2 is 1.33 bits per heavy atom. The smallest absolute Gasteiger partial charge is 0.269 e. The number of nitrogens with one attached hydrogen (secondary N) is 3. The van der Waals surface area contributed by atoms with Crippen LogP contribution in [0.3, 0.4) is 0 Å². The number of hydrazine groups is 1. The molecule has 0 radical (unpaired) electrons. The molecule has 142 valence electrons. The summed E-state index contributed by atoms with van der Waals surface area (Å²) >= 11 is 0. The number of carbonyl (C=O) groups excluding carboxylic acids is 3. The average molecular weight is 371 g/mol. The maximum atomic E-state index is 12.8.